The second-order valence-corrected chi connectivity index (χ2v) is 16.0. The fraction of sp³-hybridized carbons (Fsp3) is 0.625. The molecule has 60 heavy (non-hydrogen) atoms. The molecule has 0 amide bonds. The number of esters is 2. The number of unbranched alkanes of at least 4 members (excludes halogenated alkanes) is 7. The maximum Gasteiger partial charge on any atom is 0.472 e. The number of rotatable bonds is 40. The van der Waals surface area contributed by atoms with E-state index in [9.17, 15) is 29.3 Å². The highest BCUT2D eigenvalue weighted by molar-refractivity contribution is 7.47. The summed E-state index contributed by atoms with van der Waals surface area (Å²) in [5.41, 5.74) is 0. The van der Waals surface area contributed by atoms with Gasteiger partial charge in [-0.25, -0.2) is 4.57 Å². The minimum absolute atomic E-state index is 0.0818. The largest absolute Gasteiger partial charge is 0.472 e. The van der Waals surface area contributed by atoms with Crippen molar-refractivity contribution in [2.75, 3.05) is 26.4 Å². The second kappa shape index (κ2) is 42.5. The molecule has 4 atom stereocenters. The quantitative estimate of drug-likeness (QED) is 0.0200. The van der Waals surface area contributed by atoms with Gasteiger partial charge in [0.25, 0.3) is 0 Å². The summed E-state index contributed by atoms with van der Waals surface area (Å²) in [4.78, 5) is 35.0. The highest BCUT2D eigenvalue weighted by atomic mass is 31.2. The summed E-state index contributed by atoms with van der Waals surface area (Å²) >= 11 is 0. The molecular formula is C48H79O11P. The first-order chi connectivity index (χ1) is 29.1. The van der Waals surface area contributed by atoms with Crippen molar-refractivity contribution < 1.29 is 52.9 Å². The van der Waals surface area contributed by atoms with Crippen LogP contribution < -0.4 is 0 Å². The number of allylic oxidation sites excluding steroid dienone is 16. The molecule has 0 aromatic rings. The summed E-state index contributed by atoms with van der Waals surface area (Å²) in [7, 11) is -4.66. The van der Waals surface area contributed by atoms with Gasteiger partial charge in [0.05, 0.1) is 25.9 Å². The first-order valence-electron chi connectivity index (χ1n) is 22.3. The van der Waals surface area contributed by atoms with E-state index in [-0.39, 0.29) is 25.6 Å². The molecule has 0 aliphatic heterocycles. The Kier molecular flexibility index (Phi) is 40.3. The zero-order valence-electron chi connectivity index (χ0n) is 36.7. The third-order valence-electron chi connectivity index (χ3n) is 8.87. The number of aliphatic hydroxyl groups excluding tert-OH is 3. The Labute approximate surface area is 362 Å². The second-order valence-electron chi connectivity index (χ2n) is 14.5. The lowest BCUT2D eigenvalue weighted by Gasteiger charge is -2.20. The molecule has 0 bridgehead atoms. The highest BCUT2D eigenvalue weighted by Crippen LogP contribution is 2.43. The lowest BCUT2D eigenvalue weighted by molar-refractivity contribution is -0.161. The van der Waals surface area contributed by atoms with E-state index in [0.717, 1.165) is 77.0 Å². The molecule has 342 valence electrons. The van der Waals surface area contributed by atoms with Gasteiger partial charge in [-0.3, -0.25) is 18.6 Å². The molecule has 0 radical (unpaired) electrons. The molecule has 0 saturated carbocycles. The van der Waals surface area contributed by atoms with Crippen LogP contribution in [-0.4, -0.2) is 76.9 Å². The normalized spacial score (nSPS) is 15.2. The molecule has 0 aromatic heterocycles. The molecule has 0 fully saturated rings. The van der Waals surface area contributed by atoms with Crippen LogP contribution in [0.4, 0.5) is 0 Å². The van der Waals surface area contributed by atoms with Crippen LogP contribution in [0.5, 0.6) is 0 Å². The third-order valence-corrected chi connectivity index (χ3v) is 9.83. The average molecular weight is 863 g/mol. The lowest BCUT2D eigenvalue weighted by atomic mass is 10.1. The van der Waals surface area contributed by atoms with Crippen molar-refractivity contribution in [3.63, 3.8) is 0 Å². The van der Waals surface area contributed by atoms with Gasteiger partial charge < -0.3 is 29.7 Å². The number of hydrogen-bond acceptors (Lipinski definition) is 10. The van der Waals surface area contributed by atoms with E-state index >= 15 is 0 Å². The molecule has 4 N–H and O–H groups in total. The Morgan fingerprint density at radius 2 is 0.983 bits per heavy atom. The predicted molar refractivity (Wildman–Crippen MR) is 243 cm³/mol. The summed E-state index contributed by atoms with van der Waals surface area (Å²) in [6.45, 7) is 1.94. The molecular weight excluding hydrogens is 783 g/mol. The number of phosphoric acid groups is 1. The van der Waals surface area contributed by atoms with Crippen LogP contribution in [0.15, 0.2) is 97.2 Å². The minimum Gasteiger partial charge on any atom is -0.462 e. The SMILES string of the molecule is CCCCC/C=C\C/C=C\C/C=C\C/C=C\CCCCCC(=O)OC[C@H](COP(=O)(O)OC[C@@H](O)CO)OC(=O)CCC/C=C\C/C=C\C/C=C\C/C=C\CC[C@H](O)CC. The number of carbonyl (C=O) groups is 2. The van der Waals surface area contributed by atoms with Crippen LogP contribution in [0.1, 0.15) is 149 Å². The number of carbonyl (C=O) groups excluding carboxylic acids is 2. The Morgan fingerprint density at radius 3 is 1.48 bits per heavy atom. The van der Waals surface area contributed by atoms with Gasteiger partial charge in [0.1, 0.15) is 12.7 Å². The van der Waals surface area contributed by atoms with E-state index in [1.165, 1.54) is 25.7 Å². The van der Waals surface area contributed by atoms with Gasteiger partial charge in [0, 0.05) is 12.8 Å². The maximum atomic E-state index is 12.6. The van der Waals surface area contributed by atoms with Gasteiger partial charge in [-0.1, -0.05) is 130 Å². The van der Waals surface area contributed by atoms with Crippen molar-refractivity contribution in [1.29, 1.82) is 0 Å². The summed E-state index contributed by atoms with van der Waals surface area (Å²) in [6.07, 6.45) is 48.9. The van der Waals surface area contributed by atoms with E-state index < -0.39 is 51.8 Å². The number of hydrogen-bond donors (Lipinski definition) is 4. The van der Waals surface area contributed by atoms with Crippen LogP contribution >= 0.6 is 7.82 Å². The van der Waals surface area contributed by atoms with Crippen LogP contribution in [0.2, 0.25) is 0 Å². The van der Waals surface area contributed by atoms with Crippen molar-refractivity contribution in [2.24, 2.45) is 0 Å². The highest BCUT2D eigenvalue weighted by Gasteiger charge is 2.27. The summed E-state index contributed by atoms with van der Waals surface area (Å²) in [5, 5.41) is 27.9. The zero-order valence-corrected chi connectivity index (χ0v) is 37.6. The molecule has 1 unspecified atom stereocenters. The summed E-state index contributed by atoms with van der Waals surface area (Å²) < 4.78 is 32.6. The zero-order chi connectivity index (χ0) is 44.2. The molecule has 0 aliphatic carbocycles. The fourth-order valence-electron chi connectivity index (χ4n) is 5.24. The van der Waals surface area contributed by atoms with E-state index in [0.29, 0.717) is 19.3 Å². The first-order valence-corrected chi connectivity index (χ1v) is 23.8. The first kappa shape index (κ1) is 56.9. The molecule has 0 heterocycles. The third kappa shape index (κ3) is 41.6. The number of aliphatic hydroxyl groups is 3. The molecule has 12 heteroatoms. The topological polar surface area (TPSA) is 169 Å². The predicted octanol–water partition coefficient (Wildman–Crippen LogP) is 11.0. The van der Waals surface area contributed by atoms with Crippen molar-refractivity contribution in [1.82, 2.24) is 0 Å². The van der Waals surface area contributed by atoms with Crippen LogP contribution in [0, 0.1) is 0 Å². The Hall–Kier alpha value is -3.15. The molecule has 0 aromatic carbocycles. The smallest absolute Gasteiger partial charge is 0.462 e. The maximum absolute atomic E-state index is 12.6. The van der Waals surface area contributed by atoms with Crippen molar-refractivity contribution in [2.45, 2.75) is 167 Å². The monoisotopic (exact) mass is 863 g/mol. The van der Waals surface area contributed by atoms with Gasteiger partial charge in [-0.2, -0.15) is 0 Å². The van der Waals surface area contributed by atoms with Crippen molar-refractivity contribution >= 4 is 19.8 Å². The average Bonchev–Trinajstić information content (AvgIpc) is 3.24. The Balaban J connectivity index is 4.47. The molecule has 11 nitrogen and oxygen atoms in total. The van der Waals surface area contributed by atoms with Gasteiger partial charge in [0.2, 0.25) is 0 Å². The van der Waals surface area contributed by atoms with Crippen molar-refractivity contribution in [3.8, 4) is 0 Å². The summed E-state index contributed by atoms with van der Waals surface area (Å²) in [6, 6.07) is 0. The van der Waals surface area contributed by atoms with Gasteiger partial charge in [0.15, 0.2) is 6.10 Å². The van der Waals surface area contributed by atoms with Crippen LogP contribution in [-0.2, 0) is 32.7 Å². The van der Waals surface area contributed by atoms with Crippen molar-refractivity contribution in [3.05, 3.63) is 97.2 Å². The standard InChI is InChI=1S/C48H79O11P/c1-3-5-6-7-8-9-10-11-12-13-14-15-16-20-23-26-29-32-35-38-47(52)56-42-46(43-58-60(54,55)57-41-45(51)40-49)59-48(53)39-36-33-30-27-24-21-18-17-19-22-25-28-31-34-37-44(50)4-2/h8-9,11-12,14-15,18-23,27-28,30-31,44-46,49-51H,3-7,10,13,16-17,24-26,29,32-43H2,1-2H3,(H,54,55)/b9-8-,12-11-,15-14-,21-18-,22-19-,23-20-,30-27-,31-28-/t44-,45+,46-/m1/s1. The van der Waals surface area contributed by atoms with Gasteiger partial charge >= 0.3 is 19.8 Å². The number of phosphoric ester groups is 1. The number of ether oxygens (including phenoxy) is 2. The Morgan fingerprint density at radius 1 is 0.533 bits per heavy atom. The molecule has 0 aliphatic rings. The fourth-order valence-corrected chi connectivity index (χ4v) is 6.03. The molecule has 0 saturated heterocycles. The van der Waals surface area contributed by atoms with Gasteiger partial charge in [-0.15, -0.1) is 0 Å². The molecule has 0 spiro atoms. The Bertz CT molecular complexity index is 1330. The molecule has 0 rings (SSSR count). The van der Waals surface area contributed by atoms with Crippen LogP contribution in [0.3, 0.4) is 0 Å². The van der Waals surface area contributed by atoms with E-state index in [1.54, 1.807) is 0 Å². The van der Waals surface area contributed by atoms with E-state index in [4.69, 9.17) is 19.1 Å². The van der Waals surface area contributed by atoms with E-state index in [1.807, 2.05) is 19.1 Å². The summed E-state index contributed by atoms with van der Waals surface area (Å²) in [5.74, 6) is -1.06. The van der Waals surface area contributed by atoms with Crippen LogP contribution in [0.25, 0.3) is 0 Å². The lowest BCUT2D eigenvalue weighted by Crippen LogP contribution is -2.29. The minimum atomic E-state index is -4.66. The van der Waals surface area contributed by atoms with Gasteiger partial charge in [-0.05, 0) is 103 Å². The van der Waals surface area contributed by atoms with E-state index in [2.05, 4.69) is 96.5 Å².